The van der Waals surface area contributed by atoms with Crippen LogP contribution in [0.5, 0.6) is 34.5 Å². The maximum atomic E-state index is 15.0. The number of carboxylic acids is 2. The van der Waals surface area contributed by atoms with Gasteiger partial charge in [0.1, 0.15) is 24.4 Å². The molecule has 352 valence electrons. The van der Waals surface area contributed by atoms with E-state index in [2.05, 4.69) is 0 Å². The van der Waals surface area contributed by atoms with E-state index in [1.54, 1.807) is 0 Å². The monoisotopic (exact) mass is 926 g/mol. The Hall–Kier alpha value is -7.41. The molecule has 3 aromatic rings. The molecule has 0 radical (unpaired) electrons. The third-order valence-electron chi connectivity index (χ3n) is 10.8. The molecule has 1 saturated heterocycles. The van der Waals surface area contributed by atoms with Crippen molar-refractivity contribution < 1.29 is 114 Å². The topological polar surface area (TPSA) is 394 Å². The molecule has 13 N–H and O–H groups in total. The van der Waals surface area contributed by atoms with E-state index in [1.807, 2.05) is 0 Å². The highest BCUT2D eigenvalue weighted by Gasteiger charge is 2.50. The lowest BCUT2D eigenvalue weighted by Gasteiger charge is -2.40. The molecule has 0 saturated carbocycles. The minimum absolute atomic E-state index is 0.0662. The number of ether oxygens (including phenoxy) is 5. The fraction of sp³-hybridized carbons (Fsp3) is 0.326. The van der Waals surface area contributed by atoms with E-state index in [1.165, 1.54) is 12.1 Å². The molecule has 0 unspecified atom stereocenters. The number of benzene rings is 3. The smallest absolute Gasteiger partial charge is 0.370 e. The zero-order valence-corrected chi connectivity index (χ0v) is 33.8. The van der Waals surface area contributed by atoms with Gasteiger partial charge in [-0.2, -0.15) is 0 Å². The van der Waals surface area contributed by atoms with Crippen LogP contribution in [0.25, 0.3) is 12.2 Å². The predicted octanol–water partition coefficient (Wildman–Crippen LogP) is -0.809. The van der Waals surface area contributed by atoms with Crippen molar-refractivity contribution in [1.82, 2.24) is 0 Å². The summed E-state index contributed by atoms with van der Waals surface area (Å²) in [7, 11) is 0. The molecule has 0 bridgehead atoms. The van der Waals surface area contributed by atoms with Crippen LogP contribution in [0.15, 0.2) is 72.0 Å². The minimum atomic E-state index is -2.13. The van der Waals surface area contributed by atoms with E-state index < -0.39 is 162 Å². The first kappa shape index (κ1) is 48.1. The van der Waals surface area contributed by atoms with E-state index in [0.717, 1.165) is 54.6 Å². The molecule has 1 aliphatic carbocycles. The van der Waals surface area contributed by atoms with Gasteiger partial charge in [0.2, 0.25) is 5.76 Å². The average molecular weight is 927 g/mol. The molecular weight excluding hydrogens is 884 g/mol. The van der Waals surface area contributed by atoms with Crippen LogP contribution < -0.4 is 0 Å². The van der Waals surface area contributed by atoms with Crippen molar-refractivity contribution in [2.24, 2.45) is 5.92 Å². The number of aliphatic hydroxyl groups excluding tert-OH is 5. The number of esters is 3. The number of carboxylic acid groups (broad SMARTS) is 2. The largest absolute Gasteiger partial charge is 0.504 e. The molecule has 23 nitrogen and oxygen atoms in total. The summed E-state index contributed by atoms with van der Waals surface area (Å²) in [4.78, 5) is 66.6. The highest BCUT2D eigenvalue weighted by atomic mass is 16.6. The molecule has 1 fully saturated rings. The van der Waals surface area contributed by atoms with Crippen LogP contribution >= 0.6 is 0 Å². The summed E-state index contributed by atoms with van der Waals surface area (Å²) < 4.78 is 27.7. The summed E-state index contributed by atoms with van der Waals surface area (Å²) in [6.45, 7) is -1.73. The van der Waals surface area contributed by atoms with Crippen molar-refractivity contribution in [2.45, 2.75) is 67.3 Å². The van der Waals surface area contributed by atoms with Gasteiger partial charge in [-0.25, -0.2) is 19.2 Å². The SMILES string of the molecule is O=C(/C=C/c1ccc(O)c(O)c1)O[C@H]1[C@@H]([C@@H](O)CO)OC(C(=O)O)=C[C@@H]1OC(=O)[C@@H]1C(C(=O)O[C@@H]2[C@@H](O)[C@H](O)CO[C@H]2C[C@@H](O)C(=O)O)=Cc2cc(O)c(O)cc2[C@@H]1c1ccc(O)c(O)c1. The molecule has 2 heterocycles. The molecule has 3 aliphatic rings. The summed E-state index contributed by atoms with van der Waals surface area (Å²) in [5.41, 5.74) is -0.834. The number of aromatic hydroxyl groups is 6. The van der Waals surface area contributed by atoms with Gasteiger partial charge in [-0.05, 0) is 70.8 Å². The Kier molecular flexibility index (Phi) is 14.4. The maximum absolute atomic E-state index is 15.0. The number of rotatable bonds is 14. The summed E-state index contributed by atoms with van der Waals surface area (Å²) in [5, 5.41) is 133. The Labute approximate surface area is 370 Å². The van der Waals surface area contributed by atoms with E-state index in [9.17, 15) is 90.4 Å². The summed E-state index contributed by atoms with van der Waals surface area (Å²) in [6, 6.07) is 8.53. The minimum Gasteiger partial charge on any atom is -0.504 e. The van der Waals surface area contributed by atoms with E-state index in [-0.39, 0.29) is 22.3 Å². The number of phenolic OH excluding ortho intramolecular Hbond substituents is 6. The van der Waals surface area contributed by atoms with Gasteiger partial charge in [-0.3, -0.25) is 4.79 Å². The van der Waals surface area contributed by atoms with Crippen LogP contribution in [0.2, 0.25) is 0 Å². The number of aliphatic carboxylic acids is 2. The van der Waals surface area contributed by atoms with Crippen LogP contribution in [-0.4, -0.2) is 164 Å². The normalized spacial score (nSPS) is 25.8. The van der Waals surface area contributed by atoms with Crippen LogP contribution in [0.4, 0.5) is 0 Å². The first-order chi connectivity index (χ1) is 31.2. The summed E-state index contributed by atoms with van der Waals surface area (Å²) in [5.74, 6) is -16.5. The zero-order valence-electron chi connectivity index (χ0n) is 33.8. The second kappa shape index (κ2) is 19.8. The van der Waals surface area contributed by atoms with Gasteiger partial charge in [0.15, 0.2) is 65.0 Å². The second-order valence-electron chi connectivity index (χ2n) is 15.2. The quantitative estimate of drug-likeness (QED) is 0.0407. The van der Waals surface area contributed by atoms with Crippen LogP contribution in [-0.2, 0) is 47.7 Å². The van der Waals surface area contributed by atoms with Crippen molar-refractivity contribution in [1.29, 1.82) is 0 Å². The third kappa shape index (κ3) is 10.3. The Morgan fingerprint density at radius 3 is 2.08 bits per heavy atom. The standard InChI is InChI=1S/C43H42O23/c44-14-28(52)37-39(65-33(54)6-2-16-1-4-21(45)23(47)7-16)31(13-32(63-37)41(58)59)64-43(61)35-20(42(60)66-38-30(12-27(51)40(56)57)62-15-29(53)36(38)55)8-18-10-25(49)26(50)11-19(18)34(35)17-3-5-22(46)24(48)9-17/h1-11,13,27-31,34-39,44-53,55H,12,14-15H2,(H,56,57)(H,58,59)/b6-2+/t27-,28+,29-,30+,31+,34+,35-,36+,37-,38+,39-/m1/s1. The number of hydrogen-bond donors (Lipinski definition) is 13. The number of carbonyl (C=O) groups is 5. The second-order valence-corrected chi connectivity index (χ2v) is 15.2. The lowest BCUT2D eigenvalue weighted by atomic mass is 9.71. The number of fused-ring (bicyclic) bond motifs is 1. The molecule has 2 aliphatic heterocycles. The molecule has 11 atom stereocenters. The molecule has 3 aromatic carbocycles. The Balaban J connectivity index is 1.47. The van der Waals surface area contributed by atoms with E-state index in [0.29, 0.717) is 6.08 Å². The number of carbonyl (C=O) groups excluding carboxylic acids is 3. The fourth-order valence-corrected chi connectivity index (χ4v) is 7.52. The molecule has 0 amide bonds. The highest BCUT2D eigenvalue weighted by molar-refractivity contribution is 6.02. The molecule has 6 rings (SSSR count). The Morgan fingerprint density at radius 2 is 1.44 bits per heavy atom. The van der Waals surface area contributed by atoms with Crippen LogP contribution in [0.1, 0.15) is 34.6 Å². The van der Waals surface area contributed by atoms with Gasteiger partial charge < -0.3 is 90.1 Å². The first-order valence-electron chi connectivity index (χ1n) is 19.6. The Morgan fingerprint density at radius 1 is 0.788 bits per heavy atom. The first-order valence-corrected chi connectivity index (χ1v) is 19.6. The number of hydrogen-bond acceptors (Lipinski definition) is 21. The van der Waals surface area contributed by atoms with Crippen molar-refractivity contribution >= 4 is 42.0 Å². The molecule has 66 heavy (non-hydrogen) atoms. The van der Waals surface area contributed by atoms with Gasteiger partial charge in [-0.1, -0.05) is 12.1 Å². The summed E-state index contributed by atoms with van der Waals surface area (Å²) >= 11 is 0. The number of phenols is 6. The molecule has 0 aromatic heterocycles. The van der Waals surface area contributed by atoms with Gasteiger partial charge >= 0.3 is 29.8 Å². The lowest BCUT2D eigenvalue weighted by molar-refractivity contribution is -0.211. The zero-order chi connectivity index (χ0) is 48.3. The van der Waals surface area contributed by atoms with E-state index >= 15 is 0 Å². The predicted molar refractivity (Wildman–Crippen MR) is 215 cm³/mol. The molecule has 0 spiro atoms. The van der Waals surface area contributed by atoms with Crippen molar-refractivity contribution in [3.63, 3.8) is 0 Å². The number of aliphatic hydroxyl groups is 5. The van der Waals surface area contributed by atoms with Crippen molar-refractivity contribution in [2.75, 3.05) is 13.2 Å². The Bertz CT molecular complexity index is 2480. The average Bonchev–Trinajstić information content (AvgIpc) is 3.27. The summed E-state index contributed by atoms with van der Waals surface area (Å²) in [6.07, 6.45) is -14.8. The third-order valence-corrected chi connectivity index (χ3v) is 10.8. The highest BCUT2D eigenvalue weighted by Crippen LogP contribution is 2.48. The van der Waals surface area contributed by atoms with E-state index in [4.69, 9.17) is 23.7 Å². The van der Waals surface area contributed by atoms with Crippen molar-refractivity contribution in [3.8, 4) is 34.5 Å². The fourth-order valence-electron chi connectivity index (χ4n) is 7.52. The molecule has 23 heteroatoms. The van der Waals surface area contributed by atoms with Gasteiger partial charge in [0.05, 0.1) is 24.7 Å². The van der Waals surface area contributed by atoms with Crippen molar-refractivity contribution in [3.05, 3.63) is 94.3 Å². The maximum Gasteiger partial charge on any atom is 0.370 e. The lowest BCUT2D eigenvalue weighted by Crippen LogP contribution is -2.56. The van der Waals surface area contributed by atoms with Gasteiger partial charge in [0, 0.05) is 24.5 Å². The van der Waals surface area contributed by atoms with Gasteiger partial charge in [0.25, 0.3) is 0 Å². The molecular formula is C43H42O23. The van der Waals surface area contributed by atoms with Crippen LogP contribution in [0, 0.1) is 5.92 Å². The van der Waals surface area contributed by atoms with Gasteiger partial charge in [-0.15, -0.1) is 0 Å². The van der Waals surface area contributed by atoms with Crippen LogP contribution in [0.3, 0.4) is 0 Å².